The Balaban J connectivity index is 1.53. The van der Waals surface area contributed by atoms with Crippen LogP contribution in [-0.2, 0) is 45.1 Å². The summed E-state index contributed by atoms with van der Waals surface area (Å²) in [5.41, 5.74) is 3.09. The van der Waals surface area contributed by atoms with E-state index in [-0.39, 0.29) is 37.9 Å². The zero-order chi connectivity index (χ0) is 40.5. The molecule has 12 nitrogen and oxygen atoms in total. The van der Waals surface area contributed by atoms with Gasteiger partial charge in [-0.15, -0.1) is 0 Å². The molecule has 0 aliphatic rings. The van der Waals surface area contributed by atoms with Gasteiger partial charge in [0, 0.05) is 0 Å². The Morgan fingerprint density at radius 1 is 0.464 bits per heavy atom. The number of hydrogen-bond acceptors (Lipinski definition) is 8. The Kier molecular flexibility index (Phi) is 16.9. The van der Waals surface area contributed by atoms with Crippen molar-refractivity contribution in [2.24, 2.45) is 11.8 Å². The summed E-state index contributed by atoms with van der Waals surface area (Å²) in [5, 5.41) is 34.9. The van der Waals surface area contributed by atoms with Crippen molar-refractivity contribution in [3.8, 4) is 0 Å². The van der Waals surface area contributed by atoms with Gasteiger partial charge in [-0.2, -0.15) is 0 Å². The molecule has 4 aromatic rings. The van der Waals surface area contributed by atoms with E-state index in [2.05, 4.69) is 21.3 Å². The summed E-state index contributed by atoms with van der Waals surface area (Å²) in [6.07, 6.45) is -4.55. The van der Waals surface area contributed by atoms with Crippen LogP contribution in [0, 0.1) is 11.8 Å². The predicted octanol–water partition coefficient (Wildman–Crippen LogP) is 5.07. The molecule has 4 amide bonds. The van der Waals surface area contributed by atoms with Crippen molar-refractivity contribution in [2.75, 3.05) is 0 Å². The van der Waals surface area contributed by atoms with E-state index >= 15 is 0 Å². The molecule has 6 atom stereocenters. The smallest absolute Gasteiger partial charge is 0.408 e. The van der Waals surface area contributed by atoms with Crippen LogP contribution in [0.1, 0.15) is 49.9 Å². The maximum atomic E-state index is 13.9. The molecule has 56 heavy (non-hydrogen) atoms. The summed E-state index contributed by atoms with van der Waals surface area (Å²) < 4.78 is 10.7. The van der Waals surface area contributed by atoms with Gasteiger partial charge in [-0.05, 0) is 46.9 Å². The van der Waals surface area contributed by atoms with E-state index in [1.807, 2.05) is 121 Å². The van der Waals surface area contributed by atoms with E-state index in [4.69, 9.17) is 9.47 Å². The zero-order valence-electron chi connectivity index (χ0n) is 32.3. The minimum atomic E-state index is -1.60. The van der Waals surface area contributed by atoms with E-state index in [9.17, 15) is 29.4 Å². The lowest BCUT2D eigenvalue weighted by Crippen LogP contribution is -2.61. The average Bonchev–Trinajstić information content (AvgIpc) is 3.20. The Hall–Kier alpha value is -5.72. The number of alkyl carbamates (subject to hydrolysis) is 2. The van der Waals surface area contributed by atoms with Gasteiger partial charge < -0.3 is 41.0 Å². The molecule has 0 saturated heterocycles. The number of amides is 4. The predicted molar refractivity (Wildman–Crippen MR) is 213 cm³/mol. The van der Waals surface area contributed by atoms with E-state index < -0.39 is 60.4 Å². The van der Waals surface area contributed by atoms with Crippen LogP contribution in [0.15, 0.2) is 121 Å². The van der Waals surface area contributed by atoms with Crippen LogP contribution in [0.4, 0.5) is 9.59 Å². The number of ether oxygens (including phenoxy) is 2. The molecule has 0 spiro atoms. The second-order valence-electron chi connectivity index (χ2n) is 14.4. The fourth-order valence-electron chi connectivity index (χ4n) is 6.12. The number of carbonyl (C=O) groups is 4. The first-order valence-corrected chi connectivity index (χ1v) is 18.9. The van der Waals surface area contributed by atoms with E-state index in [1.165, 1.54) is 0 Å². The minimum absolute atomic E-state index is 0.0111. The number of aliphatic hydroxyl groups excluding tert-OH is 2. The number of carbonyl (C=O) groups excluding carboxylic acids is 4. The number of rotatable bonds is 19. The van der Waals surface area contributed by atoms with Gasteiger partial charge in [0.15, 0.2) is 0 Å². The summed E-state index contributed by atoms with van der Waals surface area (Å²) >= 11 is 0. The fraction of sp³-hybridized carbons (Fsp3) is 0.364. The van der Waals surface area contributed by atoms with Crippen LogP contribution < -0.4 is 21.3 Å². The van der Waals surface area contributed by atoms with Crippen molar-refractivity contribution in [3.05, 3.63) is 144 Å². The highest BCUT2D eigenvalue weighted by Gasteiger charge is 2.37. The second kappa shape index (κ2) is 22.0. The minimum Gasteiger partial charge on any atom is -0.445 e. The van der Waals surface area contributed by atoms with Crippen LogP contribution in [0.5, 0.6) is 0 Å². The summed E-state index contributed by atoms with van der Waals surface area (Å²) in [7, 11) is 0. The standard InChI is InChI=1S/C44H54N4O8/c1-29(2)37(47-43(53)55-27-33-21-13-7-14-22-33)41(51)45-35(25-31-17-9-5-10-18-31)39(49)40(50)36(26-32-19-11-6-12-20-32)46-42(52)38(30(3)4)48-44(54)56-28-34-23-15-8-16-24-34/h5-24,29-30,35-40,49-50H,25-28H2,1-4H3,(H,45,51)(H,46,52)(H,47,53)(H,48,54)/t35-,36-,37-,38-,39-,40-/m0/s1. The van der Waals surface area contributed by atoms with Crippen LogP contribution >= 0.6 is 0 Å². The van der Waals surface area contributed by atoms with Crippen molar-refractivity contribution in [1.82, 2.24) is 21.3 Å². The molecule has 0 unspecified atom stereocenters. The largest absolute Gasteiger partial charge is 0.445 e. The molecule has 4 aromatic carbocycles. The van der Waals surface area contributed by atoms with Gasteiger partial charge >= 0.3 is 12.2 Å². The Morgan fingerprint density at radius 3 is 1.04 bits per heavy atom. The highest BCUT2D eigenvalue weighted by molar-refractivity contribution is 5.87. The Bertz CT molecular complexity index is 1660. The van der Waals surface area contributed by atoms with Gasteiger partial charge in [0.1, 0.15) is 37.5 Å². The first-order valence-electron chi connectivity index (χ1n) is 18.9. The van der Waals surface area contributed by atoms with Gasteiger partial charge in [0.2, 0.25) is 11.8 Å². The Morgan fingerprint density at radius 2 is 0.750 bits per heavy atom. The highest BCUT2D eigenvalue weighted by Crippen LogP contribution is 2.17. The highest BCUT2D eigenvalue weighted by atomic mass is 16.6. The topological polar surface area (TPSA) is 175 Å². The third-order valence-corrected chi connectivity index (χ3v) is 9.30. The molecule has 0 aliphatic heterocycles. The molecular weight excluding hydrogens is 713 g/mol. The van der Waals surface area contributed by atoms with Crippen LogP contribution in [0.25, 0.3) is 0 Å². The van der Waals surface area contributed by atoms with Gasteiger partial charge in [-0.3, -0.25) is 9.59 Å². The van der Waals surface area contributed by atoms with Crippen LogP contribution in [0.2, 0.25) is 0 Å². The van der Waals surface area contributed by atoms with Crippen molar-refractivity contribution in [2.45, 2.75) is 90.1 Å². The van der Waals surface area contributed by atoms with Crippen molar-refractivity contribution >= 4 is 24.0 Å². The third-order valence-electron chi connectivity index (χ3n) is 9.30. The number of benzene rings is 4. The average molecular weight is 767 g/mol. The number of aliphatic hydroxyl groups is 2. The van der Waals surface area contributed by atoms with Gasteiger partial charge in [0.05, 0.1) is 12.1 Å². The molecule has 0 aromatic heterocycles. The maximum absolute atomic E-state index is 13.9. The molecule has 6 N–H and O–H groups in total. The summed E-state index contributed by atoms with van der Waals surface area (Å²) in [5.74, 6) is -1.93. The molecule has 12 heteroatoms. The molecule has 298 valence electrons. The quantitative estimate of drug-likeness (QED) is 0.0768. The van der Waals surface area contributed by atoms with Gasteiger partial charge in [0.25, 0.3) is 0 Å². The maximum Gasteiger partial charge on any atom is 0.408 e. The normalized spacial score (nSPS) is 14.4. The molecule has 0 aliphatic carbocycles. The van der Waals surface area contributed by atoms with E-state index in [0.29, 0.717) is 0 Å². The zero-order valence-corrected chi connectivity index (χ0v) is 32.3. The third kappa shape index (κ3) is 13.8. The molecule has 0 bridgehead atoms. The first kappa shape index (κ1) is 43.0. The number of nitrogens with one attached hydrogen (secondary N) is 4. The van der Waals surface area contributed by atoms with E-state index in [1.54, 1.807) is 27.7 Å². The molecule has 0 radical (unpaired) electrons. The Labute approximate surface area is 329 Å². The monoisotopic (exact) mass is 766 g/mol. The van der Waals surface area contributed by atoms with Crippen molar-refractivity contribution < 1.29 is 38.9 Å². The second-order valence-corrected chi connectivity index (χ2v) is 14.4. The molecule has 0 fully saturated rings. The first-order chi connectivity index (χ1) is 26.9. The molecule has 0 heterocycles. The van der Waals surface area contributed by atoms with Crippen molar-refractivity contribution in [1.29, 1.82) is 0 Å². The lowest BCUT2D eigenvalue weighted by molar-refractivity contribution is -0.129. The lowest BCUT2D eigenvalue weighted by atomic mass is 9.90. The van der Waals surface area contributed by atoms with Crippen LogP contribution in [0.3, 0.4) is 0 Å². The van der Waals surface area contributed by atoms with E-state index in [0.717, 1.165) is 22.3 Å². The molecular formula is C44H54N4O8. The summed E-state index contributed by atoms with van der Waals surface area (Å²) in [4.78, 5) is 53.4. The summed E-state index contributed by atoms with van der Waals surface area (Å²) in [6, 6.07) is 32.3. The number of hydrogen-bond donors (Lipinski definition) is 6. The molecule has 0 saturated carbocycles. The molecule has 4 rings (SSSR count). The van der Waals surface area contributed by atoms with Crippen molar-refractivity contribution in [3.63, 3.8) is 0 Å². The lowest BCUT2D eigenvalue weighted by Gasteiger charge is -2.35. The van der Waals surface area contributed by atoms with Crippen LogP contribution in [-0.4, -0.2) is 70.6 Å². The van der Waals surface area contributed by atoms with Gasteiger partial charge in [-0.25, -0.2) is 9.59 Å². The fourth-order valence-corrected chi connectivity index (χ4v) is 6.12. The van der Waals surface area contributed by atoms with Gasteiger partial charge in [-0.1, -0.05) is 149 Å². The SMILES string of the molecule is CC(C)[C@H](NC(=O)OCc1ccccc1)C(=O)N[C@@H](Cc1ccccc1)[C@H](O)[C@@H](O)[C@H](Cc1ccccc1)NC(=O)[C@@H](NC(=O)OCc1ccccc1)C(C)C. The summed E-state index contributed by atoms with van der Waals surface area (Å²) in [6.45, 7) is 7.08.